The van der Waals surface area contributed by atoms with Gasteiger partial charge in [0.2, 0.25) is 0 Å². The van der Waals surface area contributed by atoms with E-state index in [2.05, 4.69) is 26.0 Å². The molecule has 0 saturated heterocycles. The van der Waals surface area contributed by atoms with Gasteiger partial charge in [0.15, 0.2) is 0 Å². The Bertz CT molecular complexity index is 1230. The molecule has 0 aliphatic heterocycles. The molecule has 0 atom stereocenters. The van der Waals surface area contributed by atoms with E-state index in [1.54, 1.807) is 0 Å². The average molecular weight is 432 g/mol. The first-order valence-electron chi connectivity index (χ1n) is 10.6. The third-order valence-electron chi connectivity index (χ3n) is 5.34. The molecular weight excluding hydrogens is 406 g/mol. The predicted octanol–water partition coefficient (Wildman–Crippen LogP) is 6.64. The molecule has 0 spiro atoms. The Morgan fingerprint density at radius 2 is 1.58 bits per heavy atom. The van der Waals surface area contributed by atoms with Crippen LogP contribution >= 0.6 is 11.6 Å². The fourth-order valence-electron chi connectivity index (χ4n) is 3.93. The third-order valence-corrected chi connectivity index (χ3v) is 5.59. The number of rotatable bonds is 7. The van der Waals surface area contributed by atoms with Crippen molar-refractivity contribution in [1.29, 1.82) is 0 Å². The molecule has 0 radical (unpaired) electrons. The van der Waals surface area contributed by atoms with Crippen molar-refractivity contribution < 1.29 is 4.74 Å². The lowest BCUT2D eigenvalue weighted by molar-refractivity contribution is 0.306. The SMILES string of the molecule is CC(C)Cn1c(CCl)c(-c2ccccc2)c2ccc(OCc3ccccc3)cc2c1=O. The smallest absolute Gasteiger partial charge is 0.258 e. The van der Waals surface area contributed by atoms with Crippen LogP contribution in [0.2, 0.25) is 0 Å². The first-order valence-corrected chi connectivity index (χ1v) is 11.1. The number of benzene rings is 3. The quantitative estimate of drug-likeness (QED) is 0.307. The van der Waals surface area contributed by atoms with E-state index in [9.17, 15) is 4.79 Å². The molecule has 0 unspecified atom stereocenters. The van der Waals surface area contributed by atoms with E-state index in [0.29, 0.717) is 30.2 Å². The van der Waals surface area contributed by atoms with Crippen LogP contribution in [0.15, 0.2) is 83.7 Å². The van der Waals surface area contributed by atoms with Gasteiger partial charge in [-0.1, -0.05) is 74.5 Å². The zero-order chi connectivity index (χ0) is 21.8. The molecule has 1 heterocycles. The Morgan fingerprint density at radius 3 is 2.23 bits per heavy atom. The van der Waals surface area contributed by atoms with Crippen molar-refractivity contribution in [3.63, 3.8) is 0 Å². The number of aromatic nitrogens is 1. The minimum Gasteiger partial charge on any atom is -0.489 e. The number of nitrogens with zero attached hydrogens (tertiary/aromatic N) is 1. The average Bonchev–Trinajstić information content (AvgIpc) is 2.80. The summed E-state index contributed by atoms with van der Waals surface area (Å²) in [5.41, 5.74) is 3.99. The molecule has 4 heteroatoms. The topological polar surface area (TPSA) is 31.2 Å². The minimum absolute atomic E-state index is 0.0239. The molecule has 0 amide bonds. The Labute approximate surface area is 187 Å². The van der Waals surface area contributed by atoms with Crippen molar-refractivity contribution >= 4 is 22.4 Å². The summed E-state index contributed by atoms with van der Waals surface area (Å²) in [6.45, 7) is 5.29. The summed E-state index contributed by atoms with van der Waals surface area (Å²) >= 11 is 6.41. The normalized spacial score (nSPS) is 11.2. The molecule has 3 nitrogen and oxygen atoms in total. The zero-order valence-electron chi connectivity index (χ0n) is 17.8. The van der Waals surface area contributed by atoms with Crippen LogP contribution in [0, 0.1) is 5.92 Å². The Hall–Kier alpha value is -3.04. The number of ether oxygens (including phenoxy) is 1. The van der Waals surface area contributed by atoms with Crippen LogP contribution in [-0.2, 0) is 19.0 Å². The number of halogens is 1. The van der Waals surface area contributed by atoms with Gasteiger partial charge in [-0.25, -0.2) is 0 Å². The fraction of sp³-hybridized carbons (Fsp3) is 0.222. The minimum atomic E-state index is -0.0239. The first kappa shape index (κ1) is 21.2. The van der Waals surface area contributed by atoms with Gasteiger partial charge in [0, 0.05) is 17.8 Å². The van der Waals surface area contributed by atoms with Crippen LogP contribution in [0.3, 0.4) is 0 Å². The second-order valence-electron chi connectivity index (χ2n) is 8.11. The fourth-order valence-corrected chi connectivity index (χ4v) is 4.21. The predicted molar refractivity (Wildman–Crippen MR) is 129 cm³/mol. The summed E-state index contributed by atoms with van der Waals surface area (Å²) in [7, 11) is 0. The van der Waals surface area contributed by atoms with E-state index in [-0.39, 0.29) is 11.4 Å². The molecular formula is C27H26ClNO2. The van der Waals surface area contributed by atoms with Crippen molar-refractivity contribution in [1.82, 2.24) is 4.57 Å². The summed E-state index contributed by atoms with van der Waals surface area (Å²) in [6.07, 6.45) is 0. The molecule has 1 aromatic heterocycles. The first-order chi connectivity index (χ1) is 15.1. The van der Waals surface area contributed by atoms with Gasteiger partial charge < -0.3 is 9.30 Å². The van der Waals surface area contributed by atoms with Gasteiger partial charge in [0.25, 0.3) is 5.56 Å². The standard InChI is InChI=1S/C27H26ClNO2/c1-19(2)17-29-25(16-28)26(21-11-7-4-8-12-21)23-14-13-22(15-24(23)27(29)30)31-18-20-9-5-3-6-10-20/h3-15,19H,16-18H2,1-2H3. The Morgan fingerprint density at radius 1 is 0.903 bits per heavy atom. The molecule has 4 aromatic rings. The maximum atomic E-state index is 13.5. The molecule has 0 fully saturated rings. The lowest BCUT2D eigenvalue weighted by Gasteiger charge is -2.20. The van der Waals surface area contributed by atoms with Crippen LogP contribution in [0.5, 0.6) is 5.75 Å². The number of hydrogen-bond donors (Lipinski definition) is 0. The lowest BCUT2D eigenvalue weighted by Crippen LogP contribution is -2.26. The van der Waals surface area contributed by atoms with Gasteiger partial charge in [-0.15, -0.1) is 11.6 Å². The molecule has 31 heavy (non-hydrogen) atoms. The summed E-state index contributed by atoms with van der Waals surface area (Å²) < 4.78 is 7.84. The molecule has 0 bridgehead atoms. The number of fused-ring (bicyclic) bond motifs is 1. The number of pyridine rings is 1. The van der Waals surface area contributed by atoms with Gasteiger partial charge in [-0.3, -0.25) is 4.79 Å². The highest BCUT2D eigenvalue weighted by Crippen LogP contribution is 2.33. The second-order valence-corrected chi connectivity index (χ2v) is 8.38. The van der Waals surface area contributed by atoms with Gasteiger partial charge in [-0.2, -0.15) is 0 Å². The van der Waals surface area contributed by atoms with E-state index < -0.39 is 0 Å². The van der Waals surface area contributed by atoms with Crippen LogP contribution < -0.4 is 10.3 Å². The van der Waals surface area contributed by atoms with Crippen molar-refractivity contribution in [3.8, 4) is 16.9 Å². The van der Waals surface area contributed by atoms with E-state index in [0.717, 1.165) is 27.8 Å². The summed E-state index contributed by atoms with van der Waals surface area (Å²) in [6, 6.07) is 25.9. The van der Waals surface area contributed by atoms with Crippen LogP contribution in [0.25, 0.3) is 21.9 Å². The maximum Gasteiger partial charge on any atom is 0.258 e. The van der Waals surface area contributed by atoms with Crippen molar-refractivity contribution in [2.24, 2.45) is 5.92 Å². The van der Waals surface area contributed by atoms with Gasteiger partial charge in [0.05, 0.1) is 11.3 Å². The van der Waals surface area contributed by atoms with Gasteiger partial charge in [0.1, 0.15) is 12.4 Å². The van der Waals surface area contributed by atoms with Crippen LogP contribution in [-0.4, -0.2) is 4.57 Å². The molecule has 0 N–H and O–H groups in total. The van der Waals surface area contributed by atoms with Gasteiger partial charge in [-0.05, 0) is 40.6 Å². The van der Waals surface area contributed by atoms with E-state index >= 15 is 0 Å². The molecule has 0 aliphatic rings. The highest BCUT2D eigenvalue weighted by atomic mass is 35.5. The highest BCUT2D eigenvalue weighted by molar-refractivity contribution is 6.18. The summed E-state index contributed by atoms with van der Waals surface area (Å²) in [4.78, 5) is 13.5. The molecule has 4 rings (SSSR count). The van der Waals surface area contributed by atoms with Crippen LogP contribution in [0.1, 0.15) is 25.1 Å². The van der Waals surface area contributed by atoms with Crippen LogP contribution in [0.4, 0.5) is 0 Å². The Balaban J connectivity index is 1.88. The molecule has 0 saturated carbocycles. The lowest BCUT2D eigenvalue weighted by atomic mass is 9.96. The van der Waals surface area contributed by atoms with E-state index in [1.807, 2.05) is 71.3 Å². The van der Waals surface area contributed by atoms with Gasteiger partial charge >= 0.3 is 0 Å². The largest absolute Gasteiger partial charge is 0.489 e. The number of alkyl halides is 1. The van der Waals surface area contributed by atoms with Crippen molar-refractivity contribution in [3.05, 3.63) is 100 Å². The molecule has 158 valence electrons. The van der Waals surface area contributed by atoms with Crippen molar-refractivity contribution in [2.45, 2.75) is 32.9 Å². The Kier molecular flexibility index (Phi) is 6.43. The highest BCUT2D eigenvalue weighted by Gasteiger charge is 2.18. The van der Waals surface area contributed by atoms with E-state index in [4.69, 9.17) is 16.3 Å². The zero-order valence-corrected chi connectivity index (χ0v) is 18.6. The third kappa shape index (κ3) is 4.52. The molecule has 3 aromatic carbocycles. The maximum absolute atomic E-state index is 13.5. The second kappa shape index (κ2) is 9.40. The van der Waals surface area contributed by atoms with Crippen molar-refractivity contribution in [2.75, 3.05) is 0 Å². The van der Waals surface area contributed by atoms with E-state index in [1.165, 1.54) is 0 Å². The summed E-state index contributed by atoms with van der Waals surface area (Å²) in [5.74, 6) is 1.27. The number of hydrogen-bond acceptors (Lipinski definition) is 2. The summed E-state index contributed by atoms with van der Waals surface area (Å²) in [5, 5.41) is 1.55. The monoisotopic (exact) mass is 431 g/mol. The molecule has 0 aliphatic carbocycles.